The minimum Gasteiger partial charge on any atom is -0.507 e. The smallest absolute Gasteiger partial charge is 0.259 e. The second kappa shape index (κ2) is 5.61. The van der Waals surface area contributed by atoms with E-state index in [1.807, 2.05) is 0 Å². The number of carbonyl (C=O) groups is 1. The Morgan fingerprint density at radius 2 is 2.00 bits per heavy atom. The lowest BCUT2D eigenvalue weighted by atomic mass is 10.1. The summed E-state index contributed by atoms with van der Waals surface area (Å²) in [6.07, 6.45) is 0. The van der Waals surface area contributed by atoms with Gasteiger partial charge in [0.05, 0.1) is 18.4 Å². The number of phenolic OH excluding ortho intramolecular Hbond substituents is 1. The molecule has 0 aliphatic carbocycles. The summed E-state index contributed by atoms with van der Waals surface area (Å²) in [6.45, 7) is 1.79. The second-order valence-corrected chi connectivity index (χ2v) is 4.32. The third-order valence-corrected chi connectivity index (χ3v) is 2.82. The molecule has 0 atom stereocenters. The van der Waals surface area contributed by atoms with E-state index in [9.17, 15) is 14.3 Å². The Balaban J connectivity index is 2.26. The Morgan fingerprint density at radius 3 is 2.65 bits per heavy atom. The van der Waals surface area contributed by atoms with Crippen LogP contribution in [0, 0.1) is 12.7 Å². The highest BCUT2D eigenvalue weighted by Crippen LogP contribution is 2.25. The van der Waals surface area contributed by atoms with Crippen molar-refractivity contribution in [2.45, 2.75) is 6.92 Å². The van der Waals surface area contributed by atoms with Gasteiger partial charge in [0.2, 0.25) is 0 Å². The van der Waals surface area contributed by atoms with Crippen LogP contribution in [0.15, 0.2) is 36.4 Å². The van der Waals surface area contributed by atoms with Gasteiger partial charge in [-0.05, 0) is 36.8 Å². The third-order valence-electron chi connectivity index (χ3n) is 2.82. The number of hydrogen-bond acceptors (Lipinski definition) is 3. The topological polar surface area (TPSA) is 58.6 Å². The zero-order chi connectivity index (χ0) is 14.7. The number of rotatable bonds is 3. The molecule has 4 nitrogen and oxygen atoms in total. The van der Waals surface area contributed by atoms with Gasteiger partial charge in [-0.3, -0.25) is 4.79 Å². The van der Waals surface area contributed by atoms with Gasteiger partial charge in [0.1, 0.15) is 17.3 Å². The molecule has 0 heterocycles. The Kier molecular flexibility index (Phi) is 3.89. The highest BCUT2D eigenvalue weighted by Gasteiger charge is 2.14. The summed E-state index contributed by atoms with van der Waals surface area (Å²) in [5.41, 5.74) is 0.942. The molecule has 0 spiro atoms. The van der Waals surface area contributed by atoms with Crippen LogP contribution in [0.2, 0.25) is 0 Å². The molecule has 0 radical (unpaired) electrons. The van der Waals surface area contributed by atoms with Gasteiger partial charge in [0.15, 0.2) is 0 Å². The van der Waals surface area contributed by atoms with E-state index in [4.69, 9.17) is 4.74 Å². The van der Waals surface area contributed by atoms with Gasteiger partial charge in [-0.2, -0.15) is 0 Å². The summed E-state index contributed by atoms with van der Waals surface area (Å²) in [4.78, 5) is 12.0. The molecule has 0 fully saturated rings. The Labute approximate surface area is 115 Å². The first-order chi connectivity index (χ1) is 9.51. The van der Waals surface area contributed by atoms with Crippen LogP contribution >= 0.6 is 0 Å². The van der Waals surface area contributed by atoms with Gasteiger partial charge in [0.25, 0.3) is 5.91 Å². The average Bonchev–Trinajstić information content (AvgIpc) is 2.42. The van der Waals surface area contributed by atoms with Crippen molar-refractivity contribution in [2.24, 2.45) is 0 Å². The van der Waals surface area contributed by atoms with Crippen molar-refractivity contribution in [1.82, 2.24) is 0 Å². The molecule has 5 heteroatoms. The molecule has 0 bridgehead atoms. The molecule has 0 saturated carbocycles. The molecular formula is C15H14FNO3. The maximum atomic E-state index is 13.6. The highest BCUT2D eigenvalue weighted by molar-refractivity contribution is 6.06. The highest BCUT2D eigenvalue weighted by atomic mass is 19.1. The third kappa shape index (κ3) is 2.88. The summed E-state index contributed by atoms with van der Waals surface area (Å²) in [5, 5.41) is 12.2. The van der Waals surface area contributed by atoms with Crippen molar-refractivity contribution < 1.29 is 19.0 Å². The van der Waals surface area contributed by atoms with Crippen molar-refractivity contribution >= 4 is 11.6 Å². The lowest BCUT2D eigenvalue weighted by Crippen LogP contribution is -2.13. The number of benzene rings is 2. The maximum absolute atomic E-state index is 13.6. The van der Waals surface area contributed by atoms with Crippen LogP contribution < -0.4 is 10.1 Å². The van der Waals surface area contributed by atoms with Gasteiger partial charge in [0, 0.05) is 6.07 Å². The van der Waals surface area contributed by atoms with Crippen molar-refractivity contribution in [3.8, 4) is 11.5 Å². The zero-order valence-corrected chi connectivity index (χ0v) is 11.1. The number of phenols is 1. The van der Waals surface area contributed by atoms with Crippen molar-refractivity contribution in [2.75, 3.05) is 12.4 Å². The molecule has 2 rings (SSSR count). The fourth-order valence-corrected chi connectivity index (χ4v) is 1.75. The first-order valence-electron chi connectivity index (χ1n) is 5.96. The number of methoxy groups -OCH3 is 1. The average molecular weight is 275 g/mol. The summed E-state index contributed by atoms with van der Waals surface area (Å²) < 4.78 is 18.5. The maximum Gasteiger partial charge on any atom is 0.259 e. The van der Waals surface area contributed by atoms with E-state index in [2.05, 4.69) is 5.32 Å². The number of aryl methyl sites for hydroxylation is 1. The second-order valence-electron chi connectivity index (χ2n) is 4.32. The number of hydrogen-bond donors (Lipinski definition) is 2. The molecule has 0 aliphatic rings. The molecule has 2 aromatic carbocycles. The van der Waals surface area contributed by atoms with E-state index in [-0.39, 0.29) is 17.0 Å². The van der Waals surface area contributed by atoms with Crippen molar-refractivity contribution in [3.63, 3.8) is 0 Å². The summed E-state index contributed by atoms with van der Waals surface area (Å²) >= 11 is 0. The normalized spacial score (nSPS) is 10.2. The van der Waals surface area contributed by atoms with E-state index in [0.717, 1.165) is 5.56 Å². The summed E-state index contributed by atoms with van der Waals surface area (Å²) in [5.74, 6) is -0.915. The number of ether oxygens (including phenoxy) is 1. The molecule has 0 unspecified atom stereocenters. The fourth-order valence-electron chi connectivity index (χ4n) is 1.75. The zero-order valence-electron chi connectivity index (χ0n) is 11.1. The molecule has 2 aromatic rings. The van der Waals surface area contributed by atoms with Crippen LogP contribution in [0.1, 0.15) is 15.9 Å². The van der Waals surface area contributed by atoms with Gasteiger partial charge in [-0.25, -0.2) is 4.39 Å². The first kappa shape index (κ1) is 13.9. The molecule has 1 amide bonds. The van der Waals surface area contributed by atoms with Gasteiger partial charge >= 0.3 is 0 Å². The number of anilines is 1. The Bertz CT molecular complexity index is 656. The van der Waals surface area contributed by atoms with Crippen LogP contribution in [0.25, 0.3) is 0 Å². The predicted octanol–water partition coefficient (Wildman–Crippen LogP) is 3.10. The van der Waals surface area contributed by atoms with Crippen molar-refractivity contribution in [1.29, 1.82) is 0 Å². The van der Waals surface area contributed by atoms with Crippen LogP contribution in [0.3, 0.4) is 0 Å². The number of halogens is 1. The molecule has 0 saturated heterocycles. The minimum atomic E-state index is -0.588. The summed E-state index contributed by atoms with van der Waals surface area (Å²) in [7, 11) is 1.46. The number of carbonyl (C=O) groups excluding carboxylic acids is 1. The fraction of sp³-hybridized carbons (Fsp3) is 0.133. The largest absolute Gasteiger partial charge is 0.507 e. The van der Waals surface area contributed by atoms with E-state index in [0.29, 0.717) is 5.75 Å². The Morgan fingerprint density at radius 1 is 1.25 bits per heavy atom. The standard InChI is InChI=1S/C15H14FNO3/c1-9-3-6-12(16)13(7-9)17-15(19)11-5-4-10(20-2)8-14(11)18/h3-8,18H,1-2H3,(H,17,19). The van der Waals surface area contributed by atoms with Crippen LogP contribution in [0.4, 0.5) is 10.1 Å². The van der Waals surface area contributed by atoms with E-state index < -0.39 is 11.7 Å². The van der Waals surface area contributed by atoms with Gasteiger partial charge in [-0.15, -0.1) is 0 Å². The molecule has 0 aliphatic heterocycles. The molecule has 2 N–H and O–H groups in total. The van der Waals surface area contributed by atoms with E-state index >= 15 is 0 Å². The molecular weight excluding hydrogens is 261 g/mol. The number of amides is 1. The summed E-state index contributed by atoms with van der Waals surface area (Å²) in [6, 6.07) is 8.68. The molecule has 104 valence electrons. The van der Waals surface area contributed by atoms with E-state index in [1.165, 1.54) is 31.4 Å². The first-order valence-corrected chi connectivity index (χ1v) is 5.96. The SMILES string of the molecule is COc1ccc(C(=O)Nc2cc(C)ccc2F)c(O)c1. The van der Waals surface area contributed by atoms with Crippen LogP contribution in [0.5, 0.6) is 11.5 Å². The quantitative estimate of drug-likeness (QED) is 0.905. The number of nitrogens with one attached hydrogen (secondary N) is 1. The number of aromatic hydroxyl groups is 1. The molecule has 20 heavy (non-hydrogen) atoms. The van der Waals surface area contributed by atoms with Gasteiger partial charge < -0.3 is 15.2 Å². The van der Waals surface area contributed by atoms with Gasteiger partial charge in [-0.1, -0.05) is 6.07 Å². The van der Waals surface area contributed by atoms with Crippen molar-refractivity contribution in [3.05, 3.63) is 53.3 Å². The Hall–Kier alpha value is -2.56. The monoisotopic (exact) mass is 275 g/mol. The predicted molar refractivity (Wildman–Crippen MR) is 73.7 cm³/mol. The lowest BCUT2D eigenvalue weighted by molar-refractivity contribution is 0.102. The van der Waals surface area contributed by atoms with E-state index in [1.54, 1.807) is 19.1 Å². The minimum absolute atomic E-state index is 0.0479. The lowest BCUT2D eigenvalue weighted by Gasteiger charge is -2.09. The molecule has 0 aromatic heterocycles. The van der Waals surface area contributed by atoms with Crippen LogP contribution in [-0.4, -0.2) is 18.1 Å². The van der Waals surface area contributed by atoms with Crippen LogP contribution in [-0.2, 0) is 0 Å².